The van der Waals surface area contributed by atoms with Gasteiger partial charge in [-0.05, 0) is 24.6 Å². The second kappa shape index (κ2) is 5.98. The minimum Gasteiger partial charge on any atom is -0.391 e. The molecule has 0 radical (unpaired) electrons. The Balaban J connectivity index is 2.14. The number of benzene rings is 1. The Hall–Kier alpha value is -0.980. The normalized spacial score (nSPS) is 19.3. The molecule has 0 bridgehead atoms. The van der Waals surface area contributed by atoms with Crippen molar-refractivity contribution in [1.29, 1.82) is 0 Å². The van der Waals surface area contributed by atoms with Gasteiger partial charge in [-0.25, -0.2) is 0 Å². The molecule has 4 nitrogen and oxygen atoms in total. The lowest BCUT2D eigenvalue weighted by Crippen LogP contribution is -2.49. The maximum absolute atomic E-state index is 12.4. The molecular formula is C13H15BrN2O2S. The Bertz CT molecular complexity index is 521. The summed E-state index contributed by atoms with van der Waals surface area (Å²) in [4.78, 5) is 14.4. The van der Waals surface area contributed by atoms with Gasteiger partial charge in [0.15, 0.2) is 0 Å². The quantitative estimate of drug-likeness (QED) is 0.834. The third-order valence-corrected chi connectivity index (χ3v) is 4.21. The van der Waals surface area contributed by atoms with Crippen molar-refractivity contribution in [2.24, 2.45) is 5.73 Å². The van der Waals surface area contributed by atoms with E-state index in [0.717, 1.165) is 10.0 Å². The van der Waals surface area contributed by atoms with Crippen molar-refractivity contribution in [2.45, 2.75) is 13.0 Å². The lowest BCUT2D eigenvalue weighted by Gasteiger charge is -2.32. The molecule has 1 unspecified atom stereocenters. The number of rotatable bonds is 2. The molecule has 1 aliphatic rings. The summed E-state index contributed by atoms with van der Waals surface area (Å²) in [5.41, 5.74) is 7.32. The highest BCUT2D eigenvalue weighted by atomic mass is 79.9. The van der Waals surface area contributed by atoms with E-state index in [0.29, 0.717) is 30.2 Å². The summed E-state index contributed by atoms with van der Waals surface area (Å²) in [5, 5.41) is 0. The summed E-state index contributed by atoms with van der Waals surface area (Å²) in [5.74, 6) is -0.0229. The van der Waals surface area contributed by atoms with Gasteiger partial charge >= 0.3 is 0 Å². The Morgan fingerprint density at radius 2 is 2.32 bits per heavy atom. The zero-order valence-electron chi connectivity index (χ0n) is 10.6. The van der Waals surface area contributed by atoms with E-state index in [1.807, 2.05) is 25.1 Å². The van der Waals surface area contributed by atoms with Crippen molar-refractivity contribution < 1.29 is 9.53 Å². The first kappa shape index (κ1) is 14.4. The maximum Gasteiger partial charge on any atom is 0.254 e. The minimum atomic E-state index is -0.346. The fourth-order valence-electron chi connectivity index (χ4n) is 1.91. The van der Waals surface area contributed by atoms with Gasteiger partial charge in [0.05, 0.1) is 13.2 Å². The Morgan fingerprint density at radius 3 is 2.95 bits per heavy atom. The maximum atomic E-state index is 12.4. The van der Waals surface area contributed by atoms with Crippen LogP contribution < -0.4 is 5.73 Å². The molecule has 19 heavy (non-hydrogen) atoms. The first-order valence-corrected chi connectivity index (χ1v) is 7.15. The van der Waals surface area contributed by atoms with Gasteiger partial charge in [-0.15, -0.1) is 0 Å². The molecule has 102 valence electrons. The number of hydrogen-bond donors (Lipinski definition) is 1. The van der Waals surface area contributed by atoms with Gasteiger partial charge in [0, 0.05) is 16.6 Å². The Morgan fingerprint density at radius 1 is 1.58 bits per heavy atom. The number of morpholine rings is 1. The first-order chi connectivity index (χ1) is 8.99. The smallest absolute Gasteiger partial charge is 0.254 e. The number of hydrogen-bond acceptors (Lipinski definition) is 3. The van der Waals surface area contributed by atoms with Crippen LogP contribution in [0.4, 0.5) is 0 Å². The van der Waals surface area contributed by atoms with E-state index in [-0.39, 0.29) is 12.0 Å². The number of thiocarbonyl (C=S) groups is 1. The fraction of sp³-hybridized carbons (Fsp3) is 0.385. The molecule has 0 saturated carbocycles. The zero-order valence-corrected chi connectivity index (χ0v) is 13.0. The number of aryl methyl sites for hydroxylation is 1. The summed E-state index contributed by atoms with van der Waals surface area (Å²) >= 11 is 8.35. The summed E-state index contributed by atoms with van der Waals surface area (Å²) in [6, 6.07) is 5.58. The standard InChI is InChI=1S/C13H15BrN2O2S/c1-8-2-3-9(6-10(8)14)13(17)16-4-5-18-11(7-16)12(15)19/h2-3,6,11H,4-5,7H2,1H3,(H2,15,19). The van der Waals surface area contributed by atoms with Crippen LogP contribution in [-0.4, -0.2) is 41.6 Å². The van der Waals surface area contributed by atoms with Crippen molar-refractivity contribution in [3.8, 4) is 0 Å². The van der Waals surface area contributed by atoms with E-state index in [9.17, 15) is 4.79 Å². The van der Waals surface area contributed by atoms with Gasteiger partial charge < -0.3 is 15.4 Å². The number of nitrogens with zero attached hydrogens (tertiary/aromatic N) is 1. The van der Waals surface area contributed by atoms with Crippen LogP contribution in [0.15, 0.2) is 22.7 Å². The molecule has 0 aliphatic carbocycles. The van der Waals surface area contributed by atoms with Crippen LogP contribution in [0.3, 0.4) is 0 Å². The Kier molecular flexibility index (Phi) is 4.54. The van der Waals surface area contributed by atoms with E-state index in [4.69, 9.17) is 22.7 Å². The van der Waals surface area contributed by atoms with E-state index in [2.05, 4.69) is 15.9 Å². The van der Waals surface area contributed by atoms with Crippen LogP contribution in [0, 0.1) is 6.92 Å². The van der Waals surface area contributed by atoms with Gasteiger partial charge in [-0.1, -0.05) is 34.2 Å². The molecule has 2 N–H and O–H groups in total. The van der Waals surface area contributed by atoms with Crippen molar-refractivity contribution >= 4 is 39.0 Å². The van der Waals surface area contributed by atoms with Crippen molar-refractivity contribution in [1.82, 2.24) is 4.90 Å². The average Bonchev–Trinajstić information content (AvgIpc) is 2.41. The molecule has 1 saturated heterocycles. The van der Waals surface area contributed by atoms with Crippen LogP contribution >= 0.6 is 28.1 Å². The number of carbonyl (C=O) groups excluding carboxylic acids is 1. The van der Waals surface area contributed by atoms with Gasteiger partial charge in [-0.3, -0.25) is 4.79 Å². The highest BCUT2D eigenvalue weighted by Gasteiger charge is 2.26. The first-order valence-electron chi connectivity index (χ1n) is 5.95. The molecule has 1 amide bonds. The zero-order chi connectivity index (χ0) is 14.0. The van der Waals surface area contributed by atoms with Crippen molar-refractivity contribution in [3.63, 3.8) is 0 Å². The summed E-state index contributed by atoms with van der Waals surface area (Å²) in [6.07, 6.45) is -0.346. The SMILES string of the molecule is Cc1ccc(C(=O)N2CCOC(C(N)=S)C2)cc1Br. The predicted octanol–water partition coefficient (Wildman–Crippen LogP) is 1.88. The molecule has 2 rings (SSSR count). The number of ether oxygens (including phenoxy) is 1. The summed E-state index contributed by atoms with van der Waals surface area (Å²) < 4.78 is 6.36. The highest BCUT2D eigenvalue weighted by molar-refractivity contribution is 9.10. The van der Waals surface area contributed by atoms with Crippen molar-refractivity contribution in [2.75, 3.05) is 19.7 Å². The van der Waals surface area contributed by atoms with Crippen LogP contribution in [0.5, 0.6) is 0 Å². The van der Waals surface area contributed by atoms with Gasteiger partial charge in [-0.2, -0.15) is 0 Å². The monoisotopic (exact) mass is 342 g/mol. The molecule has 1 atom stereocenters. The van der Waals surface area contributed by atoms with E-state index < -0.39 is 0 Å². The van der Waals surface area contributed by atoms with Crippen LogP contribution in [-0.2, 0) is 4.74 Å². The molecule has 0 aromatic heterocycles. The van der Waals surface area contributed by atoms with Gasteiger partial charge in [0.1, 0.15) is 11.1 Å². The molecule has 6 heteroatoms. The molecule has 1 heterocycles. The number of carbonyl (C=O) groups is 1. The summed E-state index contributed by atoms with van der Waals surface area (Å²) in [6.45, 7) is 3.42. The molecule has 1 aliphatic heterocycles. The van der Waals surface area contributed by atoms with Crippen LogP contribution in [0.2, 0.25) is 0 Å². The van der Waals surface area contributed by atoms with Gasteiger partial charge in [0.25, 0.3) is 5.91 Å². The molecule has 1 aromatic carbocycles. The molecule has 1 fully saturated rings. The molecular weight excluding hydrogens is 328 g/mol. The number of nitrogens with two attached hydrogens (primary N) is 1. The summed E-state index contributed by atoms with van der Waals surface area (Å²) in [7, 11) is 0. The lowest BCUT2D eigenvalue weighted by molar-refractivity contribution is 0.00878. The average molecular weight is 343 g/mol. The lowest BCUT2D eigenvalue weighted by atomic mass is 10.1. The van der Waals surface area contributed by atoms with Crippen molar-refractivity contribution in [3.05, 3.63) is 33.8 Å². The predicted molar refractivity (Wildman–Crippen MR) is 81.3 cm³/mol. The minimum absolute atomic E-state index is 0.0229. The second-order valence-electron chi connectivity index (χ2n) is 4.48. The second-order valence-corrected chi connectivity index (χ2v) is 5.80. The number of halogens is 1. The fourth-order valence-corrected chi connectivity index (χ4v) is 2.44. The highest BCUT2D eigenvalue weighted by Crippen LogP contribution is 2.19. The Labute approximate surface area is 126 Å². The van der Waals surface area contributed by atoms with E-state index in [1.54, 1.807) is 4.90 Å². The topological polar surface area (TPSA) is 55.6 Å². The van der Waals surface area contributed by atoms with E-state index >= 15 is 0 Å². The van der Waals surface area contributed by atoms with Crippen LogP contribution in [0.25, 0.3) is 0 Å². The van der Waals surface area contributed by atoms with Gasteiger partial charge in [0.2, 0.25) is 0 Å². The molecule has 0 spiro atoms. The van der Waals surface area contributed by atoms with Crippen LogP contribution in [0.1, 0.15) is 15.9 Å². The molecule has 1 aromatic rings. The third-order valence-electron chi connectivity index (χ3n) is 3.09. The number of amides is 1. The van der Waals surface area contributed by atoms with E-state index in [1.165, 1.54) is 0 Å². The largest absolute Gasteiger partial charge is 0.391 e. The third kappa shape index (κ3) is 3.32.